The van der Waals surface area contributed by atoms with Crippen molar-refractivity contribution in [1.82, 2.24) is 0 Å². The summed E-state index contributed by atoms with van der Waals surface area (Å²) in [5.74, 6) is -1.06. The van der Waals surface area contributed by atoms with E-state index in [4.69, 9.17) is 9.47 Å². The van der Waals surface area contributed by atoms with Gasteiger partial charge >= 0.3 is 11.9 Å². The minimum atomic E-state index is -0.489. The highest BCUT2D eigenvalue weighted by molar-refractivity contribution is 5.91. The molecule has 1 fully saturated rings. The molecule has 4 heteroatoms. The number of hydrogen-bond acceptors (Lipinski definition) is 4. The van der Waals surface area contributed by atoms with E-state index < -0.39 is 6.10 Å². The van der Waals surface area contributed by atoms with Crippen molar-refractivity contribution in [2.45, 2.75) is 52.2 Å². The first-order chi connectivity index (χ1) is 9.88. The SMILES string of the molecule is C=C1C(=O)OC2C/C(C)=C/CC/C(C)=C/C(OC(C)=O)C12. The third-order valence-corrected chi connectivity index (χ3v) is 3.98. The first-order valence-electron chi connectivity index (χ1n) is 7.28. The van der Waals surface area contributed by atoms with Gasteiger partial charge < -0.3 is 9.47 Å². The van der Waals surface area contributed by atoms with Crippen LogP contribution < -0.4 is 0 Å². The van der Waals surface area contributed by atoms with Gasteiger partial charge in [0.25, 0.3) is 0 Å². The Balaban J connectivity index is 2.39. The second kappa shape index (κ2) is 6.29. The fraction of sp³-hybridized carbons (Fsp3) is 0.529. The number of hydrogen-bond donors (Lipinski definition) is 0. The van der Waals surface area contributed by atoms with Gasteiger partial charge in [0.15, 0.2) is 0 Å². The van der Waals surface area contributed by atoms with E-state index in [0.29, 0.717) is 12.0 Å². The third-order valence-electron chi connectivity index (χ3n) is 3.98. The Morgan fingerprint density at radius 2 is 2.10 bits per heavy atom. The highest BCUT2D eigenvalue weighted by atomic mass is 16.6. The van der Waals surface area contributed by atoms with Crippen LogP contribution in [0.5, 0.6) is 0 Å². The molecule has 0 N–H and O–H groups in total. The normalized spacial score (nSPS) is 34.9. The molecule has 3 unspecified atom stereocenters. The summed E-state index contributed by atoms with van der Waals surface area (Å²) in [7, 11) is 0. The molecule has 0 aromatic heterocycles. The molecule has 4 nitrogen and oxygen atoms in total. The molecular weight excluding hydrogens is 268 g/mol. The van der Waals surface area contributed by atoms with Crippen LogP contribution in [0.2, 0.25) is 0 Å². The van der Waals surface area contributed by atoms with Gasteiger partial charge in [-0.1, -0.05) is 23.8 Å². The lowest BCUT2D eigenvalue weighted by molar-refractivity contribution is -0.147. The van der Waals surface area contributed by atoms with Gasteiger partial charge in [-0.25, -0.2) is 4.79 Å². The Morgan fingerprint density at radius 3 is 2.76 bits per heavy atom. The molecular formula is C17H22O4. The molecule has 3 atom stereocenters. The van der Waals surface area contributed by atoms with E-state index in [1.807, 2.05) is 19.9 Å². The lowest BCUT2D eigenvalue weighted by Crippen LogP contribution is -2.32. The van der Waals surface area contributed by atoms with Crippen molar-refractivity contribution in [3.8, 4) is 0 Å². The summed E-state index contributed by atoms with van der Waals surface area (Å²) in [6, 6.07) is 0. The second-order valence-electron chi connectivity index (χ2n) is 5.88. The minimum absolute atomic E-state index is 0.308. The van der Waals surface area contributed by atoms with Gasteiger partial charge in [0.2, 0.25) is 0 Å². The Bertz CT molecular complexity index is 527. The number of carbonyl (C=O) groups excluding carboxylic acids is 2. The molecule has 1 saturated heterocycles. The maximum Gasteiger partial charge on any atom is 0.334 e. The summed E-state index contributed by atoms with van der Waals surface area (Å²) in [5, 5.41) is 0. The second-order valence-corrected chi connectivity index (χ2v) is 5.88. The maximum atomic E-state index is 11.9. The Kier molecular flexibility index (Phi) is 4.66. The van der Waals surface area contributed by atoms with Crippen molar-refractivity contribution in [2.75, 3.05) is 0 Å². The Morgan fingerprint density at radius 1 is 1.38 bits per heavy atom. The van der Waals surface area contributed by atoms with Crippen LogP contribution in [0.3, 0.4) is 0 Å². The summed E-state index contributed by atoms with van der Waals surface area (Å²) in [6.07, 6.45) is 5.81. The van der Waals surface area contributed by atoms with E-state index in [2.05, 4.69) is 12.7 Å². The van der Waals surface area contributed by atoms with Crippen LogP contribution in [0.25, 0.3) is 0 Å². The molecule has 0 saturated carbocycles. The Labute approximate surface area is 125 Å². The average Bonchev–Trinajstić information content (AvgIpc) is 2.62. The predicted octanol–water partition coefficient (Wildman–Crippen LogP) is 3.09. The monoisotopic (exact) mass is 290 g/mol. The van der Waals surface area contributed by atoms with Crippen molar-refractivity contribution in [1.29, 1.82) is 0 Å². The van der Waals surface area contributed by atoms with Crippen molar-refractivity contribution in [3.05, 3.63) is 35.5 Å². The van der Waals surface area contributed by atoms with Crippen LogP contribution in [0, 0.1) is 5.92 Å². The zero-order chi connectivity index (χ0) is 15.6. The number of carbonyl (C=O) groups is 2. The summed E-state index contributed by atoms with van der Waals surface area (Å²) in [4.78, 5) is 23.2. The zero-order valence-electron chi connectivity index (χ0n) is 12.8. The highest BCUT2D eigenvalue weighted by Gasteiger charge is 2.44. The highest BCUT2D eigenvalue weighted by Crippen LogP contribution is 2.36. The van der Waals surface area contributed by atoms with Crippen molar-refractivity contribution in [2.24, 2.45) is 5.92 Å². The number of ether oxygens (including phenoxy) is 2. The largest absolute Gasteiger partial charge is 0.458 e. The van der Waals surface area contributed by atoms with Gasteiger partial charge in [-0.05, 0) is 32.8 Å². The van der Waals surface area contributed by atoms with Gasteiger partial charge in [-0.15, -0.1) is 0 Å². The van der Waals surface area contributed by atoms with Crippen molar-refractivity contribution in [3.63, 3.8) is 0 Å². The van der Waals surface area contributed by atoms with E-state index in [1.165, 1.54) is 12.5 Å². The van der Waals surface area contributed by atoms with E-state index in [9.17, 15) is 9.59 Å². The molecule has 1 aliphatic carbocycles. The van der Waals surface area contributed by atoms with Gasteiger partial charge in [0.1, 0.15) is 12.2 Å². The number of esters is 2. The summed E-state index contributed by atoms with van der Waals surface area (Å²) >= 11 is 0. The molecule has 1 aliphatic heterocycles. The molecule has 0 aromatic rings. The van der Waals surface area contributed by atoms with Gasteiger partial charge in [-0.3, -0.25) is 4.79 Å². The number of fused-ring (bicyclic) bond motifs is 1. The summed E-state index contributed by atoms with van der Waals surface area (Å²) < 4.78 is 10.9. The first-order valence-corrected chi connectivity index (χ1v) is 7.28. The third kappa shape index (κ3) is 3.63. The maximum absolute atomic E-state index is 11.9. The van der Waals surface area contributed by atoms with Crippen LogP contribution in [0.15, 0.2) is 35.5 Å². The van der Waals surface area contributed by atoms with E-state index in [0.717, 1.165) is 18.4 Å². The van der Waals surface area contributed by atoms with Crippen molar-refractivity contribution >= 4 is 11.9 Å². The van der Waals surface area contributed by atoms with E-state index in [-0.39, 0.29) is 24.0 Å². The molecule has 21 heavy (non-hydrogen) atoms. The first kappa shape index (κ1) is 15.5. The summed E-state index contributed by atoms with van der Waals surface area (Å²) in [5.41, 5.74) is 2.71. The number of allylic oxidation sites excluding steroid dienone is 2. The minimum Gasteiger partial charge on any atom is -0.458 e. The van der Waals surface area contributed by atoms with Crippen LogP contribution in [-0.4, -0.2) is 24.1 Å². The van der Waals surface area contributed by atoms with Gasteiger partial charge in [-0.2, -0.15) is 0 Å². The fourth-order valence-corrected chi connectivity index (χ4v) is 2.94. The fourth-order valence-electron chi connectivity index (χ4n) is 2.94. The van der Waals surface area contributed by atoms with Crippen LogP contribution in [0.4, 0.5) is 0 Å². The molecule has 0 aromatic carbocycles. The van der Waals surface area contributed by atoms with Crippen LogP contribution in [-0.2, 0) is 19.1 Å². The quantitative estimate of drug-likeness (QED) is 0.423. The Hall–Kier alpha value is -1.84. The molecule has 2 rings (SSSR count). The average molecular weight is 290 g/mol. The predicted molar refractivity (Wildman–Crippen MR) is 79.4 cm³/mol. The lowest BCUT2D eigenvalue weighted by atomic mass is 9.85. The van der Waals surface area contributed by atoms with E-state index >= 15 is 0 Å². The van der Waals surface area contributed by atoms with Gasteiger partial charge in [0.05, 0.1) is 5.92 Å². The molecule has 2 aliphatic rings. The standard InChI is InChI=1S/C17H22O4/c1-10-6-5-7-11(2)9-15-16(12(3)17(19)21-15)14(8-10)20-13(4)18/h7-8,14-16H,3,5-6,9H2,1-2,4H3/b10-8+,11-7+. The van der Waals surface area contributed by atoms with Crippen LogP contribution in [0.1, 0.15) is 40.0 Å². The topological polar surface area (TPSA) is 52.6 Å². The van der Waals surface area contributed by atoms with Crippen molar-refractivity contribution < 1.29 is 19.1 Å². The molecule has 0 amide bonds. The number of rotatable bonds is 1. The molecule has 0 spiro atoms. The van der Waals surface area contributed by atoms with Gasteiger partial charge in [0, 0.05) is 18.9 Å². The van der Waals surface area contributed by atoms with E-state index in [1.54, 1.807) is 0 Å². The molecule has 0 bridgehead atoms. The smallest absolute Gasteiger partial charge is 0.334 e. The lowest BCUT2D eigenvalue weighted by Gasteiger charge is -2.26. The molecule has 0 radical (unpaired) electrons. The zero-order valence-corrected chi connectivity index (χ0v) is 12.8. The van der Waals surface area contributed by atoms with Crippen LogP contribution >= 0.6 is 0 Å². The molecule has 114 valence electrons. The summed E-state index contributed by atoms with van der Waals surface area (Å²) in [6.45, 7) is 9.26. The molecule has 1 heterocycles.